The van der Waals surface area contributed by atoms with Crippen LogP contribution < -0.4 is 5.32 Å². The molecule has 3 rings (SSSR count). The predicted molar refractivity (Wildman–Crippen MR) is 65.5 cm³/mol. The molecule has 1 unspecified atom stereocenters. The highest BCUT2D eigenvalue weighted by molar-refractivity contribution is 5.46. The molecule has 2 nitrogen and oxygen atoms in total. The maximum Gasteiger partial charge on any atom is 0.181 e. The third kappa shape index (κ3) is 2.09. The summed E-state index contributed by atoms with van der Waals surface area (Å²) in [5.74, 6) is -1.59. The number of hydrogen-bond donors (Lipinski definition) is 1. The van der Waals surface area contributed by atoms with Crippen LogP contribution in [0.4, 0.5) is 14.5 Å². The van der Waals surface area contributed by atoms with Gasteiger partial charge in [0, 0.05) is 12.6 Å². The molecule has 0 aromatic heterocycles. The number of ether oxygens (including phenoxy) is 1. The molecule has 1 aromatic rings. The van der Waals surface area contributed by atoms with Crippen molar-refractivity contribution in [3.63, 3.8) is 0 Å². The molecule has 98 valence electrons. The molecule has 1 aliphatic carbocycles. The van der Waals surface area contributed by atoms with Gasteiger partial charge >= 0.3 is 0 Å². The molecule has 0 radical (unpaired) electrons. The number of rotatable bonds is 2. The molecular weight excluding hydrogens is 236 g/mol. The lowest BCUT2D eigenvalue weighted by molar-refractivity contribution is -0.130. The molecule has 0 bridgehead atoms. The molecule has 2 aliphatic rings. The average Bonchev–Trinajstić information content (AvgIpc) is 2.34. The van der Waals surface area contributed by atoms with Gasteiger partial charge in [-0.1, -0.05) is 6.07 Å². The highest BCUT2D eigenvalue weighted by atomic mass is 19.2. The fourth-order valence-corrected chi connectivity index (χ4v) is 2.91. The van der Waals surface area contributed by atoms with E-state index in [0.29, 0.717) is 6.61 Å². The fraction of sp³-hybridized carbons (Fsp3) is 0.571. The van der Waals surface area contributed by atoms with Gasteiger partial charge in [-0.15, -0.1) is 0 Å². The smallest absolute Gasteiger partial charge is 0.181 e. The van der Waals surface area contributed by atoms with E-state index < -0.39 is 11.6 Å². The lowest BCUT2D eigenvalue weighted by atomic mass is 9.74. The summed E-state index contributed by atoms with van der Waals surface area (Å²) in [6.45, 7) is 0.703. The highest BCUT2D eigenvalue weighted by Gasteiger charge is 2.42. The first kappa shape index (κ1) is 11.9. The molecule has 1 spiro atoms. The number of benzene rings is 1. The van der Waals surface area contributed by atoms with Gasteiger partial charge in [-0.05, 0) is 44.2 Å². The van der Waals surface area contributed by atoms with Crippen molar-refractivity contribution in [2.75, 3.05) is 11.9 Å². The van der Waals surface area contributed by atoms with Gasteiger partial charge in [-0.2, -0.15) is 0 Å². The summed E-state index contributed by atoms with van der Waals surface area (Å²) in [5.41, 5.74) is 0.274. The van der Waals surface area contributed by atoms with Gasteiger partial charge in [0.1, 0.15) is 0 Å². The molecule has 2 fully saturated rings. The van der Waals surface area contributed by atoms with Gasteiger partial charge in [0.15, 0.2) is 11.6 Å². The van der Waals surface area contributed by atoms with Crippen LogP contribution in [0.3, 0.4) is 0 Å². The molecule has 1 saturated heterocycles. The van der Waals surface area contributed by atoms with Gasteiger partial charge < -0.3 is 10.1 Å². The quantitative estimate of drug-likeness (QED) is 0.871. The van der Waals surface area contributed by atoms with Crippen molar-refractivity contribution < 1.29 is 13.5 Å². The molecule has 1 atom stereocenters. The predicted octanol–water partition coefficient (Wildman–Crippen LogP) is 3.48. The van der Waals surface area contributed by atoms with Crippen molar-refractivity contribution >= 4 is 5.69 Å². The van der Waals surface area contributed by atoms with Gasteiger partial charge in [0.25, 0.3) is 0 Å². The van der Waals surface area contributed by atoms with Crippen LogP contribution in [0.25, 0.3) is 0 Å². The monoisotopic (exact) mass is 253 g/mol. The molecule has 1 heterocycles. The molecule has 1 N–H and O–H groups in total. The van der Waals surface area contributed by atoms with E-state index in [-0.39, 0.29) is 17.3 Å². The van der Waals surface area contributed by atoms with Gasteiger partial charge in [0.2, 0.25) is 0 Å². The van der Waals surface area contributed by atoms with Gasteiger partial charge in [-0.3, -0.25) is 0 Å². The van der Waals surface area contributed by atoms with Crippen molar-refractivity contribution in [1.29, 1.82) is 0 Å². The Hall–Kier alpha value is -1.16. The minimum atomic E-state index is -0.801. The third-order valence-electron chi connectivity index (χ3n) is 4.07. The lowest BCUT2D eigenvalue weighted by Crippen LogP contribution is -2.49. The third-order valence-corrected chi connectivity index (χ3v) is 4.07. The Balaban J connectivity index is 1.70. The Kier molecular flexibility index (Phi) is 2.98. The number of nitrogens with one attached hydrogen (secondary N) is 1. The van der Waals surface area contributed by atoms with Crippen LogP contribution in [-0.2, 0) is 4.74 Å². The van der Waals surface area contributed by atoms with Crippen LogP contribution in [0.2, 0.25) is 0 Å². The molecular formula is C14H17F2NO. The molecule has 0 amide bonds. The van der Waals surface area contributed by atoms with E-state index in [1.807, 2.05) is 0 Å². The number of anilines is 1. The zero-order valence-corrected chi connectivity index (χ0v) is 10.2. The molecule has 1 aromatic carbocycles. The molecule has 18 heavy (non-hydrogen) atoms. The first-order chi connectivity index (χ1) is 8.69. The zero-order valence-electron chi connectivity index (χ0n) is 10.2. The average molecular weight is 253 g/mol. The Labute approximate surface area is 105 Å². The largest absolute Gasteiger partial charge is 0.380 e. The zero-order chi connectivity index (χ0) is 12.6. The maximum absolute atomic E-state index is 13.6. The van der Waals surface area contributed by atoms with Crippen LogP contribution in [0.15, 0.2) is 18.2 Å². The summed E-state index contributed by atoms with van der Waals surface area (Å²) >= 11 is 0. The minimum absolute atomic E-state index is 0.0136. The summed E-state index contributed by atoms with van der Waals surface area (Å²) in [7, 11) is 0. The van der Waals surface area contributed by atoms with E-state index in [2.05, 4.69) is 5.32 Å². The van der Waals surface area contributed by atoms with Crippen molar-refractivity contribution in [3.05, 3.63) is 29.8 Å². The number of halogens is 2. The summed E-state index contributed by atoms with van der Waals surface area (Å²) < 4.78 is 32.5. The fourth-order valence-electron chi connectivity index (χ4n) is 2.91. The second-order valence-corrected chi connectivity index (χ2v) is 5.32. The van der Waals surface area contributed by atoms with Crippen molar-refractivity contribution in [2.24, 2.45) is 0 Å². The highest BCUT2D eigenvalue weighted by Crippen LogP contribution is 2.42. The van der Waals surface area contributed by atoms with E-state index in [9.17, 15) is 8.78 Å². The Morgan fingerprint density at radius 1 is 1.28 bits per heavy atom. The SMILES string of the molecule is Fc1cccc(NC2CCOC3(CCC3)C2)c1F. The van der Waals surface area contributed by atoms with E-state index in [4.69, 9.17) is 4.74 Å². The van der Waals surface area contributed by atoms with E-state index >= 15 is 0 Å². The Morgan fingerprint density at radius 3 is 2.83 bits per heavy atom. The second kappa shape index (κ2) is 4.50. The molecule has 4 heteroatoms. The first-order valence-corrected chi connectivity index (χ1v) is 6.53. The Bertz CT molecular complexity index is 445. The summed E-state index contributed by atoms with van der Waals surface area (Å²) in [4.78, 5) is 0. The normalized spacial score (nSPS) is 25.8. The molecule has 1 saturated carbocycles. The number of hydrogen-bond acceptors (Lipinski definition) is 2. The van der Waals surface area contributed by atoms with Gasteiger partial charge in [0.05, 0.1) is 11.3 Å². The van der Waals surface area contributed by atoms with E-state index in [1.54, 1.807) is 6.07 Å². The van der Waals surface area contributed by atoms with Crippen LogP contribution in [0.5, 0.6) is 0 Å². The van der Waals surface area contributed by atoms with Crippen LogP contribution in [0, 0.1) is 11.6 Å². The Morgan fingerprint density at radius 2 is 2.11 bits per heavy atom. The molecule has 1 aliphatic heterocycles. The van der Waals surface area contributed by atoms with Crippen molar-refractivity contribution in [3.8, 4) is 0 Å². The van der Waals surface area contributed by atoms with Crippen LogP contribution >= 0.6 is 0 Å². The van der Waals surface area contributed by atoms with Crippen LogP contribution in [-0.4, -0.2) is 18.2 Å². The maximum atomic E-state index is 13.6. The van der Waals surface area contributed by atoms with Crippen LogP contribution in [0.1, 0.15) is 32.1 Å². The van der Waals surface area contributed by atoms with Crippen molar-refractivity contribution in [1.82, 2.24) is 0 Å². The minimum Gasteiger partial charge on any atom is -0.380 e. The lowest BCUT2D eigenvalue weighted by Gasteiger charge is -2.47. The summed E-state index contributed by atoms with van der Waals surface area (Å²) in [5, 5.41) is 3.12. The summed E-state index contributed by atoms with van der Waals surface area (Å²) in [6, 6.07) is 4.42. The topological polar surface area (TPSA) is 21.3 Å². The summed E-state index contributed by atoms with van der Waals surface area (Å²) in [6.07, 6.45) is 5.13. The van der Waals surface area contributed by atoms with Crippen molar-refractivity contribution in [2.45, 2.75) is 43.7 Å². The van der Waals surface area contributed by atoms with E-state index in [0.717, 1.165) is 31.7 Å². The van der Waals surface area contributed by atoms with E-state index in [1.165, 1.54) is 12.5 Å². The first-order valence-electron chi connectivity index (χ1n) is 6.53. The van der Waals surface area contributed by atoms with Gasteiger partial charge in [-0.25, -0.2) is 8.78 Å². The second-order valence-electron chi connectivity index (χ2n) is 5.32. The standard InChI is InChI=1S/C14H17F2NO/c15-11-3-1-4-12(13(11)16)17-10-5-8-18-14(9-10)6-2-7-14/h1,3-4,10,17H,2,5-9H2.